The van der Waals surface area contributed by atoms with E-state index in [1.54, 1.807) is 30.5 Å². The van der Waals surface area contributed by atoms with Gasteiger partial charge in [0, 0.05) is 22.4 Å². The molecule has 1 aromatic carbocycles. The van der Waals surface area contributed by atoms with Gasteiger partial charge >= 0.3 is 0 Å². The van der Waals surface area contributed by atoms with Crippen molar-refractivity contribution in [3.63, 3.8) is 0 Å². The summed E-state index contributed by atoms with van der Waals surface area (Å²) >= 11 is 3.36. The predicted molar refractivity (Wildman–Crippen MR) is 80.0 cm³/mol. The van der Waals surface area contributed by atoms with E-state index in [1.165, 1.54) is 25.4 Å². The molecule has 20 heavy (non-hydrogen) atoms. The molecule has 0 atom stereocenters. The van der Waals surface area contributed by atoms with Gasteiger partial charge in [-0.15, -0.1) is 0 Å². The van der Waals surface area contributed by atoms with Gasteiger partial charge in [0.05, 0.1) is 7.11 Å². The molecule has 1 aromatic heterocycles. The number of ether oxygens (including phenoxy) is 1. The molecule has 0 unspecified atom stereocenters. The van der Waals surface area contributed by atoms with Crippen molar-refractivity contribution in [1.82, 2.24) is 4.98 Å². The predicted octanol–water partition coefficient (Wildman–Crippen LogP) is 3.45. The number of methoxy groups -OCH3 is 1. The summed E-state index contributed by atoms with van der Waals surface area (Å²) in [7, 11) is 1.48. The molecule has 2 aromatic rings. The number of benzene rings is 1. The molecule has 0 fully saturated rings. The number of phenolic OH excluding ortho intramolecular Hbond substituents is 1. The molecule has 1 N–H and O–H groups in total. The van der Waals surface area contributed by atoms with Gasteiger partial charge < -0.3 is 9.84 Å². The standard InChI is InChI=1S/C15H12BrNO3/c1-20-15-8-12(16)10(7-14(15)19)4-5-13(18)11-3-2-6-17-9-11/h2-9,19H,1H3. The molecular weight excluding hydrogens is 322 g/mol. The molecule has 0 aliphatic rings. The smallest absolute Gasteiger partial charge is 0.187 e. The van der Waals surface area contributed by atoms with Crippen LogP contribution in [-0.2, 0) is 0 Å². The van der Waals surface area contributed by atoms with Crippen molar-refractivity contribution >= 4 is 27.8 Å². The Kier molecular flexibility index (Phi) is 4.53. The Labute approximate surface area is 124 Å². The van der Waals surface area contributed by atoms with Gasteiger partial charge in [0.1, 0.15) is 0 Å². The normalized spacial score (nSPS) is 10.7. The highest BCUT2D eigenvalue weighted by Crippen LogP contribution is 2.33. The lowest BCUT2D eigenvalue weighted by Crippen LogP contribution is -1.94. The first kappa shape index (κ1) is 14.3. The van der Waals surface area contributed by atoms with Gasteiger partial charge in [-0.25, -0.2) is 0 Å². The van der Waals surface area contributed by atoms with E-state index in [0.29, 0.717) is 16.9 Å². The van der Waals surface area contributed by atoms with Crippen LogP contribution >= 0.6 is 15.9 Å². The van der Waals surface area contributed by atoms with Crippen LogP contribution in [0.25, 0.3) is 6.08 Å². The quantitative estimate of drug-likeness (QED) is 0.687. The van der Waals surface area contributed by atoms with Crippen molar-refractivity contribution in [2.75, 3.05) is 7.11 Å². The summed E-state index contributed by atoms with van der Waals surface area (Å²) in [5.41, 5.74) is 1.19. The second-order valence-electron chi connectivity index (χ2n) is 3.98. The zero-order chi connectivity index (χ0) is 14.5. The Hall–Kier alpha value is -2.14. The number of aromatic nitrogens is 1. The lowest BCUT2D eigenvalue weighted by atomic mass is 10.1. The number of ketones is 1. The minimum atomic E-state index is -0.152. The van der Waals surface area contributed by atoms with E-state index in [2.05, 4.69) is 20.9 Å². The first-order valence-electron chi connectivity index (χ1n) is 5.80. The van der Waals surface area contributed by atoms with Gasteiger partial charge in [-0.2, -0.15) is 0 Å². The number of carbonyl (C=O) groups excluding carboxylic acids is 1. The number of rotatable bonds is 4. The van der Waals surface area contributed by atoms with Crippen molar-refractivity contribution in [2.45, 2.75) is 0 Å². The molecular formula is C15H12BrNO3. The van der Waals surface area contributed by atoms with Crippen molar-refractivity contribution in [3.05, 3.63) is 58.3 Å². The maximum atomic E-state index is 11.9. The summed E-state index contributed by atoms with van der Waals surface area (Å²) in [6, 6.07) is 6.57. The van der Waals surface area contributed by atoms with Crippen molar-refractivity contribution < 1.29 is 14.6 Å². The molecule has 0 spiro atoms. The van der Waals surface area contributed by atoms with Crippen molar-refractivity contribution in [3.8, 4) is 11.5 Å². The van der Waals surface area contributed by atoms with E-state index in [-0.39, 0.29) is 11.5 Å². The Balaban J connectivity index is 2.24. The molecule has 0 saturated heterocycles. The highest BCUT2D eigenvalue weighted by atomic mass is 79.9. The topological polar surface area (TPSA) is 59.4 Å². The highest BCUT2D eigenvalue weighted by molar-refractivity contribution is 9.10. The van der Waals surface area contributed by atoms with Crippen LogP contribution in [0.5, 0.6) is 11.5 Å². The van der Waals surface area contributed by atoms with Crippen LogP contribution in [0.1, 0.15) is 15.9 Å². The zero-order valence-electron chi connectivity index (χ0n) is 10.7. The fraction of sp³-hybridized carbons (Fsp3) is 0.0667. The van der Waals surface area contributed by atoms with Crippen LogP contribution < -0.4 is 4.74 Å². The van der Waals surface area contributed by atoms with Gasteiger partial charge in [0.25, 0.3) is 0 Å². The summed E-state index contributed by atoms with van der Waals surface area (Å²) < 4.78 is 5.72. The average molecular weight is 334 g/mol. The van der Waals surface area contributed by atoms with E-state index in [9.17, 15) is 9.90 Å². The largest absolute Gasteiger partial charge is 0.504 e. The molecule has 1 heterocycles. The van der Waals surface area contributed by atoms with Crippen LogP contribution in [0.2, 0.25) is 0 Å². The highest BCUT2D eigenvalue weighted by Gasteiger charge is 2.07. The lowest BCUT2D eigenvalue weighted by molar-refractivity contribution is 0.104. The number of aromatic hydroxyl groups is 1. The molecule has 4 nitrogen and oxygen atoms in total. The van der Waals surface area contributed by atoms with Gasteiger partial charge in [-0.3, -0.25) is 9.78 Å². The van der Waals surface area contributed by atoms with Gasteiger partial charge in [0.15, 0.2) is 17.3 Å². The van der Waals surface area contributed by atoms with Crippen LogP contribution in [0.4, 0.5) is 0 Å². The van der Waals surface area contributed by atoms with Gasteiger partial charge in [0.2, 0.25) is 0 Å². The second-order valence-corrected chi connectivity index (χ2v) is 4.84. The molecule has 2 rings (SSSR count). The first-order valence-corrected chi connectivity index (χ1v) is 6.60. The maximum absolute atomic E-state index is 11.9. The number of hydrogen-bond acceptors (Lipinski definition) is 4. The van der Waals surface area contributed by atoms with Crippen molar-refractivity contribution in [1.29, 1.82) is 0 Å². The van der Waals surface area contributed by atoms with Crippen LogP contribution in [0.3, 0.4) is 0 Å². The molecule has 5 heteroatoms. The molecule has 102 valence electrons. The third kappa shape index (κ3) is 3.24. The van der Waals surface area contributed by atoms with E-state index in [0.717, 1.165) is 4.47 Å². The summed E-state index contributed by atoms with van der Waals surface area (Å²) in [4.78, 5) is 15.8. The Morgan fingerprint density at radius 2 is 2.25 bits per heavy atom. The average Bonchev–Trinajstić information content (AvgIpc) is 2.48. The van der Waals surface area contributed by atoms with Crippen molar-refractivity contribution in [2.24, 2.45) is 0 Å². The van der Waals surface area contributed by atoms with Crippen LogP contribution in [0.15, 0.2) is 47.2 Å². The number of nitrogens with zero attached hydrogens (tertiary/aromatic N) is 1. The maximum Gasteiger partial charge on any atom is 0.187 e. The molecule has 0 radical (unpaired) electrons. The van der Waals surface area contributed by atoms with E-state index >= 15 is 0 Å². The molecule has 0 aliphatic heterocycles. The minimum absolute atomic E-state index is 0.0178. The Morgan fingerprint density at radius 3 is 2.90 bits per heavy atom. The Bertz CT molecular complexity index is 654. The molecule has 0 aliphatic carbocycles. The van der Waals surface area contributed by atoms with Gasteiger partial charge in [-0.1, -0.05) is 15.9 Å². The molecule has 0 amide bonds. The third-order valence-corrected chi connectivity index (χ3v) is 3.35. The number of hydrogen-bond donors (Lipinski definition) is 1. The van der Waals surface area contributed by atoms with E-state index in [4.69, 9.17) is 4.74 Å². The van der Waals surface area contributed by atoms with Crippen LogP contribution in [-0.4, -0.2) is 23.0 Å². The monoisotopic (exact) mass is 333 g/mol. The second kappa shape index (κ2) is 6.34. The number of allylic oxidation sites excluding steroid dienone is 1. The number of phenols is 1. The SMILES string of the molecule is COc1cc(Br)c(C=CC(=O)c2cccnc2)cc1O. The van der Waals surface area contributed by atoms with Crippen LogP contribution in [0, 0.1) is 0 Å². The number of pyridine rings is 1. The first-order chi connectivity index (χ1) is 9.61. The fourth-order valence-electron chi connectivity index (χ4n) is 1.62. The van der Waals surface area contributed by atoms with E-state index < -0.39 is 0 Å². The number of halogens is 1. The number of carbonyl (C=O) groups is 1. The summed E-state index contributed by atoms with van der Waals surface area (Å²) in [6.07, 6.45) is 6.17. The Morgan fingerprint density at radius 1 is 1.45 bits per heavy atom. The molecule has 0 bridgehead atoms. The molecule has 0 saturated carbocycles. The third-order valence-electron chi connectivity index (χ3n) is 2.66. The zero-order valence-corrected chi connectivity index (χ0v) is 12.3. The van der Waals surface area contributed by atoms with E-state index in [1.807, 2.05) is 0 Å². The lowest BCUT2D eigenvalue weighted by Gasteiger charge is -2.06. The minimum Gasteiger partial charge on any atom is -0.504 e. The summed E-state index contributed by atoms with van der Waals surface area (Å²) in [5, 5.41) is 9.72. The fourth-order valence-corrected chi connectivity index (χ4v) is 2.08. The summed E-state index contributed by atoms with van der Waals surface area (Å²) in [5.74, 6) is 0.233. The van der Waals surface area contributed by atoms with Gasteiger partial charge in [-0.05, 0) is 42.0 Å². The summed E-state index contributed by atoms with van der Waals surface area (Å²) in [6.45, 7) is 0.